The topological polar surface area (TPSA) is 55.6 Å². The van der Waals surface area contributed by atoms with Gasteiger partial charge in [0.05, 0.1) is 6.33 Å². The molecule has 0 aromatic carbocycles. The Labute approximate surface area is 120 Å². The van der Waals surface area contributed by atoms with Gasteiger partial charge in [0.25, 0.3) is 0 Å². The van der Waals surface area contributed by atoms with E-state index in [9.17, 15) is 0 Å². The van der Waals surface area contributed by atoms with E-state index in [0.29, 0.717) is 16.6 Å². The number of nitrogens with zero attached hydrogens (tertiary/aromatic N) is 4. The summed E-state index contributed by atoms with van der Waals surface area (Å²) in [6.07, 6.45) is 1.83. The van der Waals surface area contributed by atoms with Gasteiger partial charge in [0, 0.05) is 0 Å². The van der Waals surface area contributed by atoms with Gasteiger partial charge in [-0.3, -0.25) is 0 Å². The van der Waals surface area contributed by atoms with Crippen molar-refractivity contribution >= 4 is 45.2 Å². The first-order chi connectivity index (χ1) is 8.58. The lowest BCUT2D eigenvalue weighted by Crippen LogP contribution is -2.34. The summed E-state index contributed by atoms with van der Waals surface area (Å²) in [5, 5.41) is 0.419. The largest absolute Gasteiger partial charge is 0.380 e. The van der Waals surface area contributed by atoms with Gasteiger partial charge in [-0.25, -0.2) is 4.98 Å². The van der Waals surface area contributed by atoms with Crippen molar-refractivity contribution in [1.29, 1.82) is 0 Å². The van der Waals surface area contributed by atoms with Crippen LogP contribution in [0.15, 0.2) is 6.33 Å². The first-order valence-corrected chi connectivity index (χ1v) is 13.6. The fraction of sp³-hybridized carbons (Fsp3) is 0.545. The van der Waals surface area contributed by atoms with Gasteiger partial charge in [-0.05, 0) is 0 Å². The molecule has 0 bridgehead atoms. The highest BCUT2D eigenvalue weighted by Crippen LogP contribution is 2.23. The molecule has 0 saturated carbocycles. The molecular formula is C11H20ClN5Si2. The van der Waals surface area contributed by atoms with E-state index >= 15 is 0 Å². The molecule has 0 atom stereocenters. The van der Waals surface area contributed by atoms with E-state index in [0.717, 1.165) is 5.65 Å². The molecule has 19 heavy (non-hydrogen) atoms. The number of aromatic nitrogens is 4. The summed E-state index contributed by atoms with van der Waals surface area (Å²) in [6.45, 7) is 13.3. The Balaban J connectivity index is 2.60. The van der Waals surface area contributed by atoms with Gasteiger partial charge < -0.3 is 9.22 Å². The molecule has 2 heterocycles. The van der Waals surface area contributed by atoms with Crippen molar-refractivity contribution in [2.24, 2.45) is 0 Å². The minimum atomic E-state index is -1.56. The van der Waals surface area contributed by atoms with Crippen LogP contribution in [0.1, 0.15) is 0 Å². The van der Waals surface area contributed by atoms with E-state index < -0.39 is 16.5 Å². The maximum Gasteiger partial charge on any atom is 0.218 e. The van der Waals surface area contributed by atoms with Crippen molar-refractivity contribution in [2.45, 2.75) is 39.3 Å². The molecule has 5 nitrogen and oxygen atoms in total. The zero-order chi connectivity index (χ0) is 14.4. The van der Waals surface area contributed by atoms with Crippen molar-refractivity contribution in [3.8, 4) is 0 Å². The second kappa shape index (κ2) is 4.57. The van der Waals surface area contributed by atoms with Gasteiger partial charge >= 0.3 is 0 Å². The number of fused-ring (bicyclic) bond motifs is 1. The van der Waals surface area contributed by atoms with Gasteiger partial charge in [-0.1, -0.05) is 50.9 Å². The molecule has 8 heteroatoms. The minimum Gasteiger partial charge on any atom is -0.380 e. The lowest BCUT2D eigenvalue weighted by Gasteiger charge is -2.20. The van der Waals surface area contributed by atoms with Crippen LogP contribution in [0.5, 0.6) is 0 Å². The Bertz CT molecular complexity index is 612. The summed E-state index contributed by atoms with van der Waals surface area (Å²) in [7, 11) is -3.06. The second-order valence-electron chi connectivity index (χ2n) is 6.67. The van der Waals surface area contributed by atoms with Crippen LogP contribution in [0.3, 0.4) is 0 Å². The van der Waals surface area contributed by atoms with Crippen LogP contribution >= 0.6 is 11.6 Å². The monoisotopic (exact) mass is 313 g/mol. The maximum atomic E-state index is 6.22. The lowest BCUT2D eigenvalue weighted by molar-refractivity contribution is 1.12. The number of hydrogen-bond acceptors (Lipinski definition) is 4. The summed E-state index contributed by atoms with van der Waals surface area (Å²) >= 11 is 6.22. The fourth-order valence-electron chi connectivity index (χ4n) is 1.75. The van der Waals surface area contributed by atoms with Gasteiger partial charge in [-0.2, -0.15) is 9.97 Å². The van der Waals surface area contributed by atoms with Crippen molar-refractivity contribution in [1.82, 2.24) is 19.2 Å². The van der Waals surface area contributed by atoms with E-state index in [-0.39, 0.29) is 0 Å². The molecule has 0 spiro atoms. The number of nitrogens with one attached hydrogen (secondary N) is 1. The third kappa shape index (κ3) is 3.15. The predicted octanol–water partition coefficient (Wildman–Crippen LogP) is 3.41. The molecule has 0 aliphatic heterocycles. The SMILES string of the molecule is C[Si](C)(C)Nc1nc(Cl)c2ncn([Si](C)(C)C)c2n1. The average molecular weight is 314 g/mol. The summed E-state index contributed by atoms with van der Waals surface area (Å²) < 4.78 is 2.16. The van der Waals surface area contributed by atoms with Gasteiger partial charge in [-0.15, -0.1) is 0 Å². The van der Waals surface area contributed by atoms with Crippen LogP contribution < -0.4 is 4.98 Å². The van der Waals surface area contributed by atoms with E-state index in [2.05, 4.69) is 63.4 Å². The minimum absolute atomic E-state index is 0.419. The highest BCUT2D eigenvalue weighted by Gasteiger charge is 2.23. The van der Waals surface area contributed by atoms with Gasteiger partial charge in [0.2, 0.25) is 5.95 Å². The molecule has 1 N–H and O–H groups in total. The molecule has 0 aliphatic carbocycles. The Morgan fingerprint density at radius 1 is 1.11 bits per heavy atom. The maximum absolute atomic E-state index is 6.22. The Morgan fingerprint density at radius 3 is 2.26 bits per heavy atom. The number of anilines is 1. The van der Waals surface area contributed by atoms with Gasteiger partial charge in [0.1, 0.15) is 13.8 Å². The molecule has 0 amide bonds. The highest BCUT2D eigenvalue weighted by molar-refractivity contribution is 6.79. The smallest absolute Gasteiger partial charge is 0.218 e. The molecular weight excluding hydrogens is 294 g/mol. The second-order valence-corrected chi connectivity index (χ2v) is 16.6. The number of hydrogen-bond donors (Lipinski definition) is 1. The predicted molar refractivity (Wildman–Crippen MR) is 86.0 cm³/mol. The third-order valence-electron chi connectivity index (χ3n) is 2.56. The molecule has 0 saturated heterocycles. The van der Waals surface area contributed by atoms with Gasteiger partial charge in [0.15, 0.2) is 19.0 Å². The summed E-state index contributed by atoms with van der Waals surface area (Å²) in [5.41, 5.74) is 1.52. The van der Waals surface area contributed by atoms with E-state index in [1.165, 1.54) is 0 Å². The van der Waals surface area contributed by atoms with Crippen LogP contribution in [0, 0.1) is 0 Å². The van der Waals surface area contributed by atoms with E-state index in [4.69, 9.17) is 11.6 Å². The van der Waals surface area contributed by atoms with E-state index in [1.807, 2.05) is 6.33 Å². The van der Waals surface area contributed by atoms with Crippen LogP contribution in [0.25, 0.3) is 11.2 Å². The quantitative estimate of drug-likeness (QED) is 0.697. The summed E-state index contributed by atoms with van der Waals surface area (Å²) in [6, 6.07) is 0. The third-order valence-corrected chi connectivity index (χ3v) is 5.57. The highest BCUT2D eigenvalue weighted by atomic mass is 35.5. The lowest BCUT2D eigenvalue weighted by atomic mass is 10.5. The molecule has 104 valence electrons. The standard InChI is InChI=1S/C11H20ClN5Si2/c1-18(2,3)16-11-14-9(12)8-10(15-11)17(7-13-8)19(4,5)6/h7H,1-6H3,(H,14,15,16). The zero-order valence-corrected chi connectivity index (χ0v) is 15.0. The molecule has 0 radical (unpaired) electrons. The van der Waals surface area contributed by atoms with Crippen LogP contribution in [0.2, 0.25) is 44.4 Å². The zero-order valence-electron chi connectivity index (χ0n) is 12.2. The molecule has 2 aromatic heterocycles. The van der Waals surface area contributed by atoms with Crippen molar-refractivity contribution in [2.75, 3.05) is 4.98 Å². The molecule has 0 aliphatic rings. The first kappa shape index (κ1) is 14.5. The average Bonchev–Trinajstić information content (AvgIpc) is 2.57. The van der Waals surface area contributed by atoms with Crippen LogP contribution in [-0.2, 0) is 0 Å². The Morgan fingerprint density at radius 2 is 1.74 bits per heavy atom. The fourth-order valence-corrected chi connectivity index (χ4v) is 3.94. The van der Waals surface area contributed by atoms with E-state index in [1.54, 1.807) is 0 Å². The molecule has 0 fully saturated rings. The Hall–Kier alpha value is -0.926. The molecule has 2 aromatic rings. The molecule has 0 unspecified atom stereocenters. The van der Waals surface area contributed by atoms with Crippen molar-refractivity contribution in [3.63, 3.8) is 0 Å². The summed E-state index contributed by atoms with van der Waals surface area (Å²) in [5.74, 6) is 0.608. The van der Waals surface area contributed by atoms with Crippen molar-refractivity contribution < 1.29 is 0 Å². The first-order valence-electron chi connectivity index (χ1n) is 6.27. The number of rotatable bonds is 3. The van der Waals surface area contributed by atoms with Crippen molar-refractivity contribution in [3.05, 3.63) is 11.5 Å². The van der Waals surface area contributed by atoms with Crippen LogP contribution in [0.4, 0.5) is 5.95 Å². The Kier molecular flexibility index (Phi) is 3.48. The number of imidazole rings is 1. The van der Waals surface area contributed by atoms with Crippen LogP contribution in [-0.4, -0.2) is 35.7 Å². The number of halogens is 1. The summed E-state index contributed by atoms with van der Waals surface area (Å²) in [4.78, 5) is 16.6. The normalized spacial score (nSPS) is 13.0. The molecule has 2 rings (SSSR count).